The quantitative estimate of drug-likeness (QED) is 0.712. The molecule has 3 heteroatoms. The van der Waals surface area contributed by atoms with Gasteiger partial charge in [0.15, 0.2) is 6.29 Å². The second kappa shape index (κ2) is 3.48. The van der Waals surface area contributed by atoms with Gasteiger partial charge in [0.25, 0.3) is 0 Å². The molecule has 0 atom stereocenters. The third kappa shape index (κ3) is 1.41. The number of hydrogen-bond acceptors (Lipinski definition) is 2. The van der Waals surface area contributed by atoms with Gasteiger partial charge in [-0.1, -0.05) is 6.07 Å². The summed E-state index contributed by atoms with van der Waals surface area (Å²) in [6.45, 7) is 4.14. The molecule has 14 heavy (non-hydrogen) atoms. The van der Waals surface area contributed by atoms with E-state index < -0.39 is 0 Å². The first-order valence-corrected chi connectivity index (χ1v) is 5.89. The molecule has 0 amide bonds. The van der Waals surface area contributed by atoms with E-state index in [1.165, 1.54) is 32.5 Å². The molecule has 0 saturated heterocycles. The number of aldehydes is 1. The average molecular weight is 269 g/mol. The molecule has 0 aliphatic rings. The predicted molar refractivity (Wildman–Crippen MR) is 64.4 cm³/mol. The van der Waals surface area contributed by atoms with E-state index in [1.54, 1.807) is 0 Å². The van der Waals surface area contributed by atoms with Gasteiger partial charge < -0.3 is 0 Å². The first-order valence-electron chi connectivity index (χ1n) is 4.28. The van der Waals surface area contributed by atoms with Gasteiger partial charge in [-0.25, -0.2) is 0 Å². The first-order chi connectivity index (χ1) is 6.63. The van der Waals surface area contributed by atoms with E-state index in [1.807, 2.05) is 0 Å². The van der Waals surface area contributed by atoms with Crippen molar-refractivity contribution in [3.8, 4) is 0 Å². The number of carbonyl (C=O) groups excluding carboxylic acids is 1. The van der Waals surface area contributed by atoms with Crippen molar-refractivity contribution in [1.29, 1.82) is 0 Å². The Labute approximate surface area is 94.9 Å². The molecule has 0 saturated carbocycles. The maximum atomic E-state index is 10.8. The molecule has 0 aliphatic carbocycles. The number of benzene rings is 1. The van der Waals surface area contributed by atoms with Crippen LogP contribution in [0.4, 0.5) is 0 Å². The topological polar surface area (TPSA) is 17.1 Å². The van der Waals surface area contributed by atoms with Crippen molar-refractivity contribution in [2.75, 3.05) is 0 Å². The summed E-state index contributed by atoms with van der Waals surface area (Å²) in [7, 11) is 0. The minimum Gasteiger partial charge on any atom is -0.297 e. The Morgan fingerprint density at radius 1 is 1.36 bits per heavy atom. The van der Waals surface area contributed by atoms with Gasteiger partial charge in [-0.15, -0.1) is 11.3 Å². The van der Waals surface area contributed by atoms with Crippen LogP contribution in [-0.2, 0) is 0 Å². The van der Waals surface area contributed by atoms with Gasteiger partial charge in [0.05, 0.1) is 4.88 Å². The second-order valence-electron chi connectivity index (χ2n) is 3.35. The van der Waals surface area contributed by atoms with E-state index in [2.05, 4.69) is 41.9 Å². The monoisotopic (exact) mass is 268 g/mol. The van der Waals surface area contributed by atoms with Gasteiger partial charge in [-0.3, -0.25) is 4.79 Å². The minimum atomic E-state index is 0.772. The van der Waals surface area contributed by atoms with Crippen molar-refractivity contribution in [3.05, 3.63) is 32.6 Å². The van der Waals surface area contributed by atoms with Crippen LogP contribution in [0.15, 0.2) is 16.6 Å². The molecule has 1 heterocycles. The van der Waals surface area contributed by atoms with Crippen LogP contribution in [-0.4, -0.2) is 6.29 Å². The summed E-state index contributed by atoms with van der Waals surface area (Å²) in [5.74, 6) is 0. The lowest BCUT2D eigenvalue weighted by Crippen LogP contribution is -1.78. The fourth-order valence-corrected chi connectivity index (χ4v) is 3.73. The first kappa shape index (κ1) is 9.87. The smallest absolute Gasteiger partial charge is 0.161 e. The third-order valence-electron chi connectivity index (χ3n) is 2.21. The number of hydrogen-bond donors (Lipinski definition) is 0. The zero-order valence-corrected chi connectivity index (χ0v) is 10.3. The molecule has 0 radical (unpaired) electrons. The molecular formula is C11H9BrOS. The van der Waals surface area contributed by atoms with Gasteiger partial charge >= 0.3 is 0 Å². The average Bonchev–Trinajstić information content (AvgIpc) is 2.42. The number of rotatable bonds is 1. The lowest BCUT2D eigenvalue weighted by atomic mass is 10.1. The Balaban J connectivity index is 2.92. The van der Waals surface area contributed by atoms with Gasteiger partial charge in [-0.05, 0) is 47.0 Å². The summed E-state index contributed by atoms with van der Waals surface area (Å²) >= 11 is 5.00. The highest BCUT2D eigenvalue weighted by Crippen LogP contribution is 2.37. The van der Waals surface area contributed by atoms with E-state index in [4.69, 9.17) is 0 Å². The van der Waals surface area contributed by atoms with Crippen LogP contribution in [0.5, 0.6) is 0 Å². The highest BCUT2D eigenvalue weighted by molar-refractivity contribution is 9.10. The SMILES string of the molecule is Cc1cc(C)c2c(Br)c(C=O)sc2c1. The predicted octanol–water partition coefficient (Wildman–Crippen LogP) is 4.09. The second-order valence-corrected chi connectivity index (χ2v) is 5.23. The summed E-state index contributed by atoms with van der Waals surface area (Å²) < 4.78 is 2.11. The van der Waals surface area contributed by atoms with Gasteiger partial charge in [-0.2, -0.15) is 0 Å². The molecule has 0 bridgehead atoms. The van der Waals surface area contributed by atoms with E-state index in [0.717, 1.165) is 15.6 Å². The van der Waals surface area contributed by atoms with Crippen LogP contribution in [0, 0.1) is 13.8 Å². The minimum absolute atomic E-state index is 0.772. The van der Waals surface area contributed by atoms with Crippen LogP contribution < -0.4 is 0 Å². The zero-order chi connectivity index (χ0) is 10.3. The number of carbonyl (C=O) groups is 1. The number of aryl methyl sites for hydroxylation is 2. The van der Waals surface area contributed by atoms with E-state index in [9.17, 15) is 4.79 Å². The summed E-state index contributed by atoms with van der Waals surface area (Å²) in [5, 5.41) is 1.17. The molecular weight excluding hydrogens is 260 g/mol. The Morgan fingerprint density at radius 2 is 2.07 bits per heavy atom. The lowest BCUT2D eigenvalue weighted by molar-refractivity contribution is 0.112. The standard InChI is InChI=1S/C11H9BrOS/c1-6-3-7(2)10-8(4-6)14-9(5-13)11(10)12/h3-5H,1-2H3. The zero-order valence-electron chi connectivity index (χ0n) is 7.93. The third-order valence-corrected chi connectivity index (χ3v) is 4.35. The Bertz CT molecular complexity index is 513. The molecule has 72 valence electrons. The van der Waals surface area contributed by atoms with Gasteiger partial charge in [0, 0.05) is 14.6 Å². The van der Waals surface area contributed by atoms with E-state index >= 15 is 0 Å². The van der Waals surface area contributed by atoms with Crippen LogP contribution in [0.3, 0.4) is 0 Å². The number of fused-ring (bicyclic) bond motifs is 1. The van der Waals surface area contributed by atoms with Crippen LogP contribution in [0.1, 0.15) is 20.8 Å². The molecule has 0 aliphatic heterocycles. The number of thiophene rings is 1. The molecule has 2 aromatic rings. The molecule has 1 aromatic carbocycles. The van der Waals surface area contributed by atoms with Gasteiger partial charge in [0.2, 0.25) is 0 Å². The van der Waals surface area contributed by atoms with Crippen LogP contribution in [0.25, 0.3) is 10.1 Å². The van der Waals surface area contributed by atoms with Crippen molar-refractivity contribution in [2.24, 2.45) is 0 Å². The van der Waals surface area contributed by atoms with Gasteiger partial charge in [0.1, 0.15) is 0 Å². The molecule has 0 fully saturated rings. The Kier molecular flexibility index (Phi) is 2.45. The molecule has 0 N–H and O–H groups in total. The molecule has 0 spiro atoms. The Hall–Kier alpha value is -0.670. The van der Waals surface area contributed by atoms with Crippen molar-refractivity contribution >= 4 is 43.6 Å². The fourth-order valence-electron chi connectivity index (χ4n) is 1.65. The molecule has 2 rings (SSSR count). The van der Waals surface area contributed by atoms with Crippen molar-refractivity contribution < 1.29 is 4.79 Å². The molecule has 1 aromatic heterocycles. The molecule has 0 unspecified atom stereocenters. The lowest BCUT2D eigenvalue weighted by Gasteiger charge is -1.99. The highest BCUT2D eigenvalue weighted by atomic mass is 79.9. The van der Waals surface area contributed by atoms with Crippen molar-refractivity contribution in [1.82, 2.24) is 0 Å². The number of halogens is 1. The summed E-state index contributed by atoms with van der Waals surface area (Å²) in [4.78, 5) is 11.5. The van der Waals surface area contributed by atoms with Crippen LogP contribution in [0.2, 0.25) is 0 Å². The molecule has 1 nitrogen and oxygen atoms in total. The summed E-state index contributed by atoms with van der Waals surface area (Å²) in [5.41, 5.74) is 2.46. The fraction of sp³-hybridized carbons (Fsp3) is 0.182. The summed E-state index contributed by atoms with van der Waals surface area (Å²) in [6, 6.07) is 4.25. The normalized spacial score (nSPS) is 10.8. The Morgan fingerprint density at radius 3 is 2.71 bits per heavy atom. The van der Waals surface area contributed by atoms with E-state index in [0.29, 0.717) is 0 Å². The largest absolute Gasteiger partial charge is 0.297 e. The van der Waals surface area contributed by atoms with E-state index in [-0.39, 0.29) is 0 Å². The van der Waals surface area contributed by atoms with Crippen molar-refractivity contribution in [3.63, 3.8) is 0 Å². The maximum Gasteiger partial charge on any atom is 0.161 e. The van der Waals surface area contributed by atoms with Crippen LogP contribution >= 0.6 is 27.3 Å². The summed E-state index contributed by atoms with van der Waals surface area (Å²) in [6.07, 6.45) is 0.906. The maximum absolute atomic E-state index is 10.8. The highest BCUT2D eigenvalue weighted by Gasteiger charge is 2.11. The van der Waals surface area contributed by atoms with Crippen molar-refractivity contribution in [2.45, 2.75) is 13.8 Å².